The van der Waals surface area contributed by atoms with Gasteiger partial charge in [-0.05, 0) is 68.9 Å². The van der Waals surface area contributed by atoms with Crippen LogP contribution in [0.5, 0.6) is 0 Å². The Morgan fingerprint density at radius 3 is 2.03 bits per heavy atom. The molecule has 0 fully saturated rings. The summed E-state index contributed by atoms with van der Waals surface area (Å²) in [6, 6.07) is 12.9. The zero-order valence-corrected chi connectivity index (χ0v) is 23.5. The third kappa shape index (κ3) is 8.97. The maximum Gasteiger partial charge on any atom is 0.242 e. The third-order valence-electron chi connectivity index (χ3n) is 5.97. The number of nitrogens with one attached hydrogen (secondary N) is 1. The van der Waals surface area contributed by atoms with Crippen LogP contribution in [0.25, 0.3) is 0 Å². The van der Waals surface area contributed by atoms with Gasteiger partial charge in [0, 0.05) is 26.1 Å². The van der Waals surface area contributed by atoms with E-state index in [1.165, 1.54) is 10.6 Å². The Bertz CT molecular complexity index is 1120. The number of sulfonamides is 1. The van der Waals surface area contributed by atoms with Gasteiger partial charge in [-0.2, -0.15) is 0 Å². The average Bonchev–Trinajstić information content (AvgIpc) is 2.77. The molecular formula is C28H41N3O4S. The van der Waals surface area contributed by atoms with Gasteiger partial charge in [0.05, 0.1) is 11.9 Å². The second-order valence-corrected chi connectivity index (χ2v) is 12.0. The number of carbonyl (C=O) groups is 2. The van der Waals surface area contributed by atoms with Crippen LogP contribution in [0.4, 0.5) is 5.69 Å². The van der Waals surface area contributed by atoms with E-state index in [1.54, 1.807) is 11.8 Å². The van der Waals surface area contributed by atoms with Gasteiger partial charge in [-0.3, -0.25) is 13.9 Å². The molecule has 0 saturated carbocycles. The van der Waals surface area contributed by atoms with E-state index >= 15 is 0 Å². The lowest BCUT2D eigenvalue weighted by molar-refractivity contribution is -0.140. The van der Waals surface area contributed by atoms with Crippen molar-refractivity contribution >= 4 is 27.5 Å². The first-order chi connectivity index (χ1) is 16.8. The maximum atomic E-state index is 13.4. The molecule has 2 rings (SSSR count). The molecule has 0 spiro atoms. The molecule has 0 aliphatic carbocycles. The van der Waals surface area contributed by atoms with Gasteiger partial charge < -0.3 is 10.2 Å². The molecule has 0 saturated heterocycles. The molecule has 198 valence electrons. The topological polar surface area (TPSA) is 86.8 Å². The molecule has 0 heterocycles. The molecule has 2 amide bonds. The molecule has 1 N–H and O–H groups in total. The fourth-order valence-corrected chi connectivity index (χ4v) is 4.97. The number of benzene rings is 2. The first kappa shape index (κ1) is 29.4. The van der Waals surface area contributed by atoms with Crippen LogP contribution in [0.2, 0.25) is 0 Å². The fraction of sp³-hybridized carbons (Fsp3) is 0.500. The molecular weight excluding hydrogens is 474 g/mol. The summed E-state index contributed by atoms with van der Waals surface area (Å²) in [5.74, 6) is -0.0801. The third-order valence-corrected chi connectivity index (χ3v) is 7.17. The van der Waals surface area contributed by atoms with E-state index in [0.717, 1.165) is 22.3 Å². The lowest BCUT2D eigenvalue weighted by atomic mass is 10.1. The number of nitrogens with zero attached hydrogens (tertiary/aromatic N) is 2. The van der Waals surface area contributed by atoms with Crippen LogP contribution >= 0.6 is 0 Å². The number of hydrogen-bond donors (Lipinski definition) is 1. The van der Waals surface area contributed by atoms with Crippen LogP contribution in [0.1, 0.15) is 55.9 Å². The Hall–Kier alpha value is -2.87. The van der Waals surface area contributed by atoms with E-state index < -0.39 is 16.1 Å². The van der Waals surface area contributed by atoms with Crippen LogP contribution in [0.3, 0.4) is 0 Å². The minimum Gasteiger partial charge on any atom is -0.354 e. The fourth-order valence-electron chi connectivity index (χ4n) is 4.02. The number of amides is 2. The molecule has 0 aromatic heterocycles. The summed E-state index contributed by atoms with van der Waals surface area (Å²) in [5, 5.41) is 2.92. The summed E-state index contributed by atoms with van der Waals surface area (Å²) in [5.41, 5.74) is 4.60. The van der Waals surface area contributed by atoms with Crippen molar-refractivity contribution in [3.8, 4) is 0 Å². The molecule has 2 aromatic rings. The Kier molecular flexibility index (Phi) is 10.5. The van der Waals surface area contributed by atoms with E-state index in [1.807, 2.05) is 77.1 Å². The summed E-state index contributed by atoms with van der Waals surface area (Å²) >= 11 is 0. The lowest BCUT2D eigenvalue weighted by Gasteiger charge is -2.30. The molecule has 0 unspecified atom stereocenters. The van der Waals surface area contributed by atoms with Gasteiger partial charge >= 0.3 is 0 Å². The lowest BCUT2D eigenvalue weighted by Crippen LogP contribution is -2.48. The van der Waals surface area contributed by atoms with E-state index in [-0.39, 0.29) is 24.8 Å². The summed E-state index contributed by atoms with van der Waals surface area (Å²) in [6.45, 7) is 12.6. The van der Waals surface area contributed by atoms with Crippen molar-refractivity contribution in [3.05, 3.63) is 64.7 Å². The highest BCUT2D eigenvalue weighted by molar-refractivity contribution is 7.92. The summed E-state index contributed by atoms with van der Waals surface area (Å²) in [4.78, 5) is 27.7. The van der Waals surface area contributed by atoms with Crippen LogP contribution in [0.15, 0.2) is 42.5 Å². The summed E-state index contributed by atoms with van der Waals surface area (Å²) in [7, 11) is -3.52. The van der Waals surface area contributed by atoms with Crippen molar-refractivity contribution in [3.63, 3.8) is 0 Å². The van der Waals surface area contributed by atoms with Crippen molar-refractivity contribution in [2.24, 2.45) is 5.92 Å². The SMILES string of the molecule is Cc1ccc(CN(C(=O)CCCN(c2cc(C)cc(C)c2)S(C)(=O)=O)[C@H](C)C(=O)NCC(C)C)cc1. The van der Waals surface area contributed by atoms with Gasteiger partial charge in [0.2, 0.25) is 21.8 Å². The predicted octanol–water partition coefficient (Wildman–Crippen LogP) is 4.35. The van der Waals surface area contributed by atoms with Gasteiger partial charge in [0.25, 0.3) is 0 Å². The second-order valence-electron chi connectivity index (χ2n) is 10.1. The van der Waals surface area contributed by atoms with Crippen LogP contribution in [0, 0.1) is 26.7 Å². The van der Waals surface area contributed by atoms with Gasteiger partial charge in [-0.25, -0.2) is 8.42 Å². The van der Waals surface area contributed by atoms with Crippen molar-refractivity contribution in [1.82, 2.24) is 10.2 Å². The van der Waals surface area contributed by atoms with Crippen LogP contribution in [-0.4, -0.2) is 50.5 Å². The first-order valence-electron chi connectivity index (χ1n) is 12.5. The Balaban J connectivity index is 2.18. The Morgan fingerprint density at radius 2 is 1.50 bits per heavy atom. The molecule has 8 heteroatoms. The predicted molar refractivity (Wildman–Crippen MR) is 146 cm³/mol. The highest BCUT2D eigenvalue weighted by Crippen LogP contribution is 2.22. The number of aryl methyl sites for hydroxylation is 3. The number of anilines is 1. The minimum atomic E-state index is -3.52. The second kappa shape index (κ2) is 12.9. The number of carbonyl (C=O) groups excluding carboxylic acids is 2. The van der Waals surface area contributed by atoms with Gasteiger partial charge in [-0.15, -0.1) is 0 Å². The molecule has 0 aliphatic heterocycles. The first-order valence-corrected chi connectivity index (χ1v) is 14.3. The minimum absolute atomic E-state index is 0.129. The highest BCUT2D eigenvalue weighted by Gasteiger charge is 2.26. The molecule has 0 radical (unpaired) electrons. The Morgan fingerprint density at radius 1 is 0.917 bits per heavy atom. The van der Waals surface area contributed by atoms with Crippen molar-refractivity contribution in [2.45, 2.75) is 67.0 Å². The highest BCUT2D eigenvalue weighted by atomic mass is 32.2. The van der Waals surface area contributed by atoms with Crippen LogP contribution in [-0.2, 0) is 26.2 Å². The summed E-state index contributed by atoms with van der Waals surface area (Å²) < 4.78 is 26.4. The van der Waals surface area contributed by atoms with E-state index in [9.17, 15) is 18.0 Å². The van der Waals surface area contributed by atoms with Gasteiger partial charge in [0.1, 0.15) is 6.04 Å². The zero-order valence-electron chi connectivity index (χ0n) is 22.7. The van der Waals surface area contributed by atoms with Crippen LogP contribution < -0.4 is 9.62 Å². The molecule has 0 aliphatic rings. The van der Waals surface area contributed by atoms with E-state index in [4.69, 9.17) is 0 Å². The molecule has 1 atom stereocenters. The molecule has 7 nitrogen and oxygen atoms in total. The molecule has 2 aromatic carbocycles. The standard InChI is InChI=1S/C28H41N3O4S/c1-20(2)18-29-28(33)24(6)30(19-25-12-10-21(3)11-13-25)27(32)9-8-14-31(36(7,34)35)26-16-22(4)15-23(5)17-26/h10-13,15-17,20,24H,8-9,14,18-19H2,1-7H3,(H,29,33)/t24-/m1/s1. The number of rotatable bonds is 12. The monoisotopic (exact) mass is 515 g/mol. The largest absolute Gasteiger partial charge is 0.354 e. The quantitative estimate of drug-likeness (QED) is 0.455. The molecule has 36 heavy (non-hydrogen) atoms. The zero-order chi connectivity index (χ0) is 27.0. The molecule has 0 bridgehead atoms. The van der Waals surface area contributed by atoms with Crippen molar-refractivity contribution in [2.75, 3.05) is 23.7 Å². The Labute approximate surface area is 216 Å². The van der Waals surface area contributed by atoms with Crippen molar-refractivity contribution < 1.29 is 18.0 Å². The maximum absolute atomic E-state index is 13.4. The van der Waals surface area contributed by atoms with E-state index in [2.05, 4.69) is 5.32 Å². The van der Waals surface area contributed by atoms with Crippen molar-refractivity contribution in [1.29, 1.82) is 0 Å². The van der Waals surface area contributed by atoms with E-state index in [0.29, 0.717) is 31.1 Å². The normalized spacial score (nSPS) is 12.3. The van der Waals surface area contributed by atoms with Gasteiger partial charge in [-0.1, -0.05) is 49.7 Å². The summed E-state index contributed by atoms with van der Waals surface area (Å²) in [6.07, 6.45) is 1.64. The average molecular weight is 516 g/mol. The number of hydrogen-bond acceptors (Lipinski definition) is 4. The van der Waals surface area contributed by atoms with Gasteiger partial charge in [0.15, 0.2) is 0 Å². The smallest absolute Gasteiger partial charge is 0.242 e.